The minimum absolute atomic E-state index is 0.119. The summed E-state index contributed by atoms with van der Waals surface area (Å²) in [5.41, 5.74) is 0. The van der Waals surface area contributed by atoms with Crippen LogP contribution in [0.25, 0.3) is 0 Å². The van der Waals surface area contributed by atoms with Crippen molar-refractivity contribution in [3.8, 4) is 0 Å². The Kier molecular flexibility index (Phi) is 4.04. The third-order valence-electron chi connectivity index (χ3n) is 4.47. The quantitative estimate of drug-likeness (QED) is 0.923. The molecule has 0 spiro atoms. The summed E-state index contributed by atoms with van der Waals surface area (Å²) < 4.78 is 0. The van der Waals surface area contributed by atoms with Crippen LogP contribution < -0.4 is 4.90 Å². The van der Waals surface area contributed by atoms with Crippen LogP contribution in [0.5, 0.6) is 0 Å². The highest BCUT2D eigenvalue weighted by Gasteiger charge is 2.42. The van der Waals surface area contributed by atoms with Gasteiger partial charge in [-0.1, -0.05) is 11.6 Å². The number of pyridine rings is 1. The van der Waals surface area contributed by atoms with Crippen LogP contribution in [0.4, 0.5) is 5.82 Å². The lowest BCUT2D eigenvalue weighted by Gasteiger charge is -2.38. The van der Waals surface area contributed by atoms with E-state index in [-0.39, 0.29) is 24.1 Å². The molecule has 0 aromatic carbocycles. The third-order valence-corrected chi connectivity index (χ3v) is 4.70. The van der Waals surface area contributed by atoms with E-state index in [9.17, 15) is 9.90 Å². The largest absolute Gasteiger partial charge is 0.393 e. The van der Waals surface area contributed by atoms with Crippen molar-refractivity contribution in [2.75, 3.05) is 18.5 Å². The molecule has 5 nitrogen and oxygen atoms in total. The summed E-state index contributed by atoms with van der Waals surface area (Å²) in [6.45, 7) is 0.303. The first-order valence-electron chi connectivity index (χ1n) is 7.36. The first kappa shape index (κ1) is 14.6. The van der Waals surface area contributed by atoms with Crippen molar-refractivity contribution in [2.24, 2.45) is 0 Å². The molecule has 2 bridgehead atoms. The number of carbonyl (C=O) groups excluding carboxylic acids is 1. The van der Waals surface area contributed by atoms with E-state index in [1.54, 1.807) is 12.3 Å². The zero-order valence-electron chi connectivity index (χ0n) is 12.1. The Morgan fingerprint density at radius 2 is 2.10 bits per heavy atom. The lowest BCUT2D eigenvalue weighted by molar-refractivity contribution is -0.135. The minimum atomic E-state index is -0.248. The van der Waals surface area contributed by atoms with Crippen LogP contribution in [0.1, 0.15) is 25.7 Å². The molecular weight excluding hydrogens is 290 g/mol. The van der Waals surface area contributed by atoms with Crippen molar-refractivity contribution < 1.29 is 9.90 Å². The molecule has 2 aliphatic heterocycles. The molecule has 1 amide bonds. The van der Waals surface area contributed by atoms with Gasteiger partial charge in [-0.05, 0) is 37.8 Å². The predicted octanol–water partition coefficient (Wildman–Crippen LogP) is 1.69. The highest BCUT2D eigenvalue weighted by Crippen LogP contribution is 2.35. The maximum absolute atomic E-state index is 12.6. The molecule has 3 heterocycles. The Labute approximate surface area is 129 Å². The number of aromatic nitrogens is 1. The number of carbonyl (C=O) groups is 1. The van der Waals surface area contributed by atoms with Crippen molar-refractivity contribution in [3.63, 3.8) is 0 Å². The number of anilines is 1. The van der Waals surface area contributed by atoms with Crippen LogP contribution in [0, 0.1) is 0 Å². The number of hydrogen-bond donors (Lipinski definition) is 1. The molecule has 2 aliphatic rings. The van der Waals surface area contributed by atoms with Crippen LogP contribution >= 0.6 is 11.6 Å². The lowest BCUT2D eigenvalue weighted by Crippen LogP contribution is -2.51. The molecule has 2 saturated heterocycles. The molecule has 0 aliphatic carbocycles. The molecule has 114 valence electrons. The monoisotopic (exact) mass is 309 g/mol. The standard InChI is InChI=1S/C15H20ClN3O2/c1-18(14-5-2-10(16)8-17-14)9-15(21)19-11-3-4-12(19)7-13(20)6-11/h2,5,8,11-13,20H,3-4,6-7,9H2,1H3. The SMILES string of the molecule is CN(CC(=O)N1C2CCC1CC(O)C2)c1ccc(Cl)cn1. The van der Waals surface area contributed by atoms with Gasteiger partial charge in [-0.2, -0.15) is 0 Å². The summed E-state index contributed by atoms with van der Waals surface area (Å²) in [4.78, 5) is 20.6. The number of aliphatic hydroxyl groups is 1. The molecule has 2 fully saturated rings. The normalized spacial score (nSPS) is 27.8. The molecular formula is C15H20ClN3O2. The fraction of sp³-hybridized carbons (Fsp3) is 0.600. The summed E-state index contributed by atoms with van der Waals surface area (Å²) in [5, 5.41) is 10.4. The number of halogens is 1. The van der Waals surface area contributed by atoms with Crippen molar-refractivity contribution in [2.45, 2.75) is 43.9 Å². The summed E-state index contributed by atoms with van der Waals surface area (Å²) >= 11 is 5.82. The van der Waals surface area contributed by atoms with Gasteiger partial charge >= 0.3 is 0 Å². The second kappa shape index (κ2) is 5.81. The number of fused-ring (bicyclic) bond motifs is 2. The van der Waals surface area contributed by atoms with E-state index in [1.165, 1.54) is 0 Å². The van der Waals surface area contributed by atoms with Crippen LogP contribution in [-0.4, -0.2) is 52.7 Å². The van der Waals surface area contributed by atoms with E-state index in [0.29, 0.717) is 24.4 Å². The molecule has 6 heteroatoms. The number of likely N-dealkylation sites (N-methyl/N-ethyl adjacent to an activating group) is 1. The van der Waals surface area contributed by atoms with Gasteiger partial charge in [0.15, 0.2) is 0 Å². The van der Waals surface area contributed by atoms with Crippen LogP contribution in [-0.2, 0) is 4.79 Å². The van der Waals surface area contributed by atoms with Crippen molar-refractivity contribution >= 4 is 23.3 Å². The molecule has 1 aromatic rings. The van der Waals surface area contributed by atoms with Gasteiger partial charge in [-0.3, -0.25) is 4.79 Å². The number of rotatable bonds is 3. The van der Waals surface area contributed by atoms with Crippen molar-refractivity contribution in [1.29, 1.82) is 0 Å². The summed E-state index contributed by atoms with van der Waals surface area (Å²) in [6.07, 6.45) is 4.78. The summed E-state index contributed by atoms with van der Waals surface area (Å²) in [7, 11) is 1.86. The minimum Gasteiger partial charge on any atom is -0.393 e. The van der Waals surface area contributed by atoms with Crippen LogP contribution in [0.3, 0.4) is 0 Å². The van der Waals surface area contributed by atoms with Gasteiger partial charge in [-0.15, -0.1) is 0 Å². The second-order valence-corrected chi connectivity index (χ2v) is 6.44. The Balaban J connectivity index is 1.65. The molecule has 1 aromatic heterocycles. The molecule has 1 N–H and O–H groups in total. The molecule has 0 radical (unpaired) electrons. The van der Waals surface area contributed by atoms with Crippen molar-refractivity contribution in [3.05, 3.63) is 23.4 Å². The fourth-order valence-corrected chi connectivity index (χ4v) is 3.63. The third kappa shape index (κ3) is 2.99. The maximum atomic E-state index is 12.6. The molecule has 0 saturated carbocycles. The maximum Gasteiger partial charge on any atom is 0.242 e. The Hall–Kier alpha value is -1.33. The first-order chi connectivity index (χ1) is 10.0. The zero-order valence-corrected chi connectivity index (χ0v) is 12.8. The van der Waals surface area contributed by atoms with Gasteiger partial charge in [-0.25, -0.2) is 4.98 Å². The van der Waals surface area contributed by atoms with E-state index in [1.807, 2.05) is 22.9 Å². The van der Waals surface area contributed by atoms with Gasteiger partial charge in [0.2, 0.25) is 5.91 Å². The zero-order chi connectivity index (χ0) is 15.0. The van der Waals surface area contributed by atoms with E-state index < -0.39 is 0 Å². The van der Waals surface area contributed by atoms with E-state index in [2.05, 4.69) is 4.98 Å². The van der Waals surface area contributed by atoms with Gasteiger partial charge in [0.1, 0.15) is 5.82 Å². The Bertz CT molecular complexity index is 508. The fourth-order valence-electron chi connectivity index (χ4n) is 3.51. The molecule has 2 unspecified atom stereocenters. The van der Waals surface area contributed by atoms with Crippen LogP contribution in [0.15, 0.2) is 18.3 Å². The average Bonchev–Trinajstić information content (AvgIpc) is 2.72. The second-order valence-electron chi connectivity index (χ2n) is 6.00. The first-order valence-corrected chi connectivity index (χ1v) is 7.74. The highest BCUT2D eigenvalue weighted by molar-refractivity contribution is 6.30. The summed E-state index contributed by atoms with van der Waals surface area (Å²) in [5.74, 6) is 0.853. The number of amides is 1. The summed E-state index contributed by atoms with van der Waals surface area (Å²) in [6, 6.07) is 3.99. The lowest BCUT2D eigenvalue weighted by atomic mass is 10.00. The topological polar surface area (TPSA) is 56.7 Å². The van der Waals surface area contributed by atoms with Gasteiger partial charge in [0.25, 0.3) is 0 Å². The number of aliphatic hydroxyl groups excluding tert-OH is 1. The molecule has 21 heavy (non-hydrogen) atoms. The molecule has 2 atom stereocenters. The van der Waals surface area contributed by atoms with E-state index in [4.69, 9.17) is 11.6 Å². The van der Waals surface area contributed by atoms with Gasteiger partial charge in [0, 0.05) is 25.3 Å². The number of nitrogens with zero attached hydrogens (tertiary/aromatic N) is 3. The highest BCUT2D eigenvalue weighted by atomic mass is 35.5. The van der Waals surface area contributed by atoms with E-state index >= 15 is 0 Å². The predicted molar refractivity (Wildman–Crippen MR) is 81.4 cm³/mol. The Morgan fingerprint density at radius 1 is 1.43 bits per heavy atom. The molecule has 3 rings (SSSR count). The van der Waals surface area contributed by atoms with Gasteiger partial charge in [0.05, 0.1) is 17.7 Å². The Morgan fingerprint density at radius 3 is 2.67 bits per heavy atom. The number of piperidine rings is 1. The van der Waals surface area contributed by atoms with Crippen molar-refractivity contribution in [1.82, 2.24) is 9.88 Å². The van der Waals surface area contributed by atoms with Crippen LogP contribution in [0.2, 0.25) is 5.02 Å². The van der Waals surface area contributed by atoms with Gasteiger partial charge < -0.3 is 14.9 Å². The smallest absolute Gasteiger partial charge is 0.242 e. The average molecular weight is 310 g/mol. The number of hydrogen-bond acceptors (Lipinski definition) is 4. The van der Waals surface area contributed by atoms with E-state index in [0.717, 1.165) is 18.7 Å².